The number of nitrogens with one attached hydrogen (secondary N) is 1. The van der Waals surface area contributed by atoms with Crippen LogP contribution < -0.4 is 10.1 Å². The SMILES string of the molecule is O=C(OC1NCC12CN(S(=O)(=O)c1ccc(OC(F)F)cc1)CCO2)C(F)(F)F. The van der Waals surface area contributed by atoms with Crippen LogP contribution in [-0.4, -0.2) is 69.6 Å². The molecule has 0 radical (unpaired) electrons. The minimum absolute atomic E-state index is 0.0318. The summed E-state index contributed by atoms with van der Waals surface area (Å²) in [5.74, 6) is -2.66. The lowest BCUT2D eigenvalue weighted by atomic mass is 9.92. The zero-order valence-electron chi connectivity index (χ0n) is 14.5. The number of hydrogen-bond donors (Lipinski definition) is 1. The largest absolute Gasteiger partial charge is 0.490 e. The van der Waals surface area contributed by atoms with Crippen LogP contribution in [0, 0.1) is 0 Å². The Morgan fingerprint density at radius 3 is 2.45 bits per heavy atom. The van der Waals surface area contributed by atoms with E-state index in [0.717, 1.165) is 28.6 Å². The van der Waals surface area contributed by atoms with Crippen molar-refractivity contribution in [3.05, 3.63) is 24.3 Å². The summed E-state index contributed by atoms with van der Waals surface area (Å²) in [4.78, 5) is 10.8. The Morgan fingerprint density at radius 1 is 1.28 bits per heavy atom. The summed E-state index contributed by atoms with van der Waals surface area (Å²) < 4.78 is 102. The van der Waals surface area contributed by atoms with Gasteiger partial charge in [-0.15, -0.1) is 0 Å². The molecule has 8 nitrogen and oxygen atoms in total. The van der Waals surface area contributed by atoms with Crippen molar-refractivity contribution in [3.63, 3.8) is 0 Å². The third-order valence-corrected chi connectivity index (χ3v) is 6.24. The van der Waals surface area contributed by atoms with Crippen LogP contribution in [0.15, 0.2) is 29.2 Å². The summed E-state index contributed by atoms with van der Waals surface area (Å²) in [5, 5.41) is 2.47. The number of morpholine rings is 1. The van der Waals surface area contributed by atoms with Crippen LogP contribution in [0.5, 0.6) is 5.75 Å². The molecule has 1 N–H and O–H groups in total. The first-order valence-electron chi connectivity index (χ1n) is 8.14. The molecule has 2 saturated heterocycles. The molecular weight excluding hydrogens is 431 g/mol. The molecule has 1 aromatic rings. The number of alkyl halides is 5. The second kappa shape index (κ2) is 7.66. The highest BCUT2D eigenvalue weighted by Gasteiger charge is 2.57. The molecule has 29 heavy (non-hydrogen) atoms. The average Bonchev–Trinajstić information content (AvgIpc) is 2.64. The van der Waals surface area contributed by atoms with E-state index in [9.17, 15) is 35.2 Å². The number of hydrogen-bond acceptors (Lipinski definition) is 7. The second-order valence-corrected chi connectivity index (χ2v) is 8.20. The van der Waals surface area contributed by atoms with Crippen molar-refractivity contribution in [2.75, 3.05) is 26.2 Å². The maximum atomic E-state index is 12.8. The fourth-order valence-electron chi connectivity index (χ4n) is 2.92. The van der Waals surface area contributed by atoms with Gasteiger partial charge in [0.25, 0.3) is 0 Å². The van der Waals surface area contributed by atoms with Gasteiger partial charge in [-0.05, 0) is 24.3 Å². The van der Waals surface area contributed by atoms with Crippen LogP contribution in [-0.2, 0) is 24.3 Å². The van der Waals surface area contributed by atoms with Crippen molar-refractivity contribution in [1.82, 2.24) is 9.62 Å². The standard InChI is InChI=1S/C15H15F5N2O6S/c16-13(17)27-9-1-3-10(4-2-9)29(24,25)22-5-6-26-14(8-22)7-21-11(14)28-12(23)15(18,19)20/h1-4,11,13,21H,5-8H2. The average molecular weight is 446 g/mol. The first-order valence-corrected chi connectivity index (χ1v) is 9.58. The highest BCUT2D eigenvalue weighted by atomic mass is 32.2. The molecule has 0 amide bonds. The van der Waals surface area contributed by atoms with Crippen LogP contribution in [0.4, 0.5) is 22.0 Å². The van der Waals surface area contributed by atoms with Gasteiger partial charge in [0, 0.05) is 19.6 Å². The van der Waals surface area contributed by atoms with Crippen molar-refractivity contribution in [3.8, 4) is 5.75 Å². The van der Waals surface area contributed by atoms with Gasteiger partial charge in [0.1, 0.15) is 11.4 Å². The molecule has 2 fully saturated rings. The Bertz CT molecular complexity index is 863. The Kier molecular flexibility index (Phi) is 5.73. The zero-order chi connectivity index (χ0) is 21.4. The monoisotopic (exact) mass is 446 g/mol. The Labute approximate surface area is 161 Å². The van der Waals surface area contributed by atoms with E-state index in [4.69, 9.17) is 4.74 Å². The fourth-order valence-corrected chi connectivity index (χ4v) is 4.40. The van der Waals surface area contributed by atoms with Gasteiger partial charge in [-0.25, -0.2) is 13.2 Å². The highest BCUT2D eigenvalue weighted by molar-refractivity contribution is 7.89. The normalized spacial score (nSPS) is 25.7. The number of carbonyl (C=O) groups excluding carboxylic acids is 1. The summed E-state index contributed by atoms with van der Waals surface area (Å²) in [6.45, 7) is -3.71. The van der Waals surface area contributed by atoms with Crippen molar-refractivity contribution < 1.29 is 49.4 Å². The number of esters is 1. The zero-order valence-corrected chi connectivity index (χ0v) is 15.3. The molecule has 162 valence electrons. The molecule has 0 saturated carbocycles. The van der Waals surface area contributed by atoms with Gasteiger partial charge in [-0.1, -0.05) is 0 Å². The van der Waals surface area contributed by atoms with E-state index in [2.05, 4.69) is 14.8 Å². The Hall–Kier alpha value is -2.03. The topological polar surface area (TPSA) is 94.2 Å². The minimum Gasteiger partial charge on any atom is -0.437 e. The molecule has 2 atom stereocenters. The van der Waals surface area contributed by atoms with Gasteiger partial charge < -0.3 is 14.2 Å². The van der Waals surface area contributed by atoms with Crippen LogP contribution in [0.3, 0.4) is 0 Å². The van der Waals surface area contributed by atoms with E-state index in [1.807, 2.05) is 0 Å². The molecule has 3 rings (SSSR count). The maximum Gasteiger partial charge on any atom is 0.490 e. The van der Waals surface area contributed by atoms with Crippen LogP contribution in [0.25, 0.3) is 0 Å². The number of sulfonamides is 1. The molecule has 2 unspecified atom stereocenters. The van der Waals surface area contributed by atoms with E-state index < -0.39 is 40.6 Å². The summed E-state index contributed by atoms with van der Waals surface area (Å²) >= 11 is 0. The number of benzene rings is 1. The Balaban J connectivity index is 1.73. The molecule has 0 aromatic heterocycles. The third kappa shape index (κ3) is 4.44. The summed E-state index contributed by atoms with van der Waals surface area (Å²) in [5.41, 5.74) is -1.47. The first kappa shape index (κ1) is 21.7. The van der Waals surface area contributed by atoms with E-state index in [1.54, 1.807) is 0 Å². The Morgan fingerprint density at radius 2 is 1.93 bits per heavy atom. The molecule has 1 aromatic carbocycles. The molecular formula is C15H15F5N2O6S. The molecule has 14 heteroatoms. The summed E-state index contributed by atoms with van der Waals surface area (Å²) in [6, 6.07) is 4.23. The number of halogens is 5. The number of nitrogens with zero attached hydrogens (tertiary/aromatic N) is 1. The predicted molar refractivity (Wildman–Crippen MR) is 84.5 cm³/mol. The van der Waals surface area contributed by atoms with Gasteiger partial charge in [-0.2, -0.15) is 26.3 Å². The van der Waals surface area contributed by atoms with E-state index in [0.29, 0.717) is 0 Å². The molecule has 2 heterocycles. The van der Waals surface area contributed by atoms with E-state index in [-0.39, 0.29) is 36.9 Å². The first-order chi connectivity index (χ1) is 13.4. The molecule has 0 bridgehead atoms. The third-order valence-electron chi connectivity index (χ3n) is 4.38. The van der Waals surface area contributed by atoms with Crippen molar-refractivity contribution >= 4 is 16.0 Å². The van der Waals surface area contributed by atoms with Gasteiger partial charge in [-0.3, -0.25) is 5.32 Å². The van der Waals surface area contributed by atoms with Gasteiger partial charge in [0.2, 0.25) is 10.0 Å². The predicted octanol–water partition coefficient (Wildman–Crippen LogP) is 1.08. The van der Waals surface area contributed by atoms with Crippen molar-refractivity contribution in [1.29, 1.82) is 0 Å². The lowest BCUT2D eigenvalue weighted by molar-refractivity contribution is -0.249. The van der Waals surface area contributed by atoms with E-state index >= 15 is 0 Å². The number of ether oxygens (including phenoxy) is 3. The number of carbonyl (C=O) groups is 1. The summed E-state index contributed by atoms with van der Waals surface area (Å²) in [7, 11) is -4.12. The maximum absolute atomic E-state index is 12.8. The molecule has 1 spiro atoms. The van der Waals surface area contributed by atoms with Crippen molar-refractivity contribution in [2.45, 2.75) is 29.5 Å². The lowest BCUT2D eigenvalue weighted by Gasteiger charge is -2.52. The minimum atomic E-state index is -5.21. The van der Waals surface area contributed by atoms with Crippen LogP contribution in [0.2, 0.25) is 0 Å². The second-order valence-electron chi connectivity index (χ2n) is 6.27. The van der Waals surface area contributed by atoms with Gasteiger partial charge in [0.05, 0.1) is 11.5 Å². The molecule has 2 aliphatic rings. The van der Waals surface area contributed by atoms with E-state index in [1.165, 1.54) is 0 Å². The van der Waals surface area contributed by atoms with Gasteiger partial charge >= 0.3 is 18.8 Å². The number of rotatable bonds is 5. The quantitative estimate of drug-likeness (QED) is 0.535. The van der Waals surface area contributed by atoms with Crippen LogP contribution >= 0.6 is 0 Å². The summed E-state index contributed by atoms with van der Waals surface area (Å²) in [6.07, 6.45) is -6.68. The molecule has 0 aliphatic carbocycles. The van der Waals surface area contributed by atoms with Gasteiger partial charge in [0.15, 0.2) is 6.23 Å². The smallest absolute Gasteiger partial charge is 0.437 e. The highest BCUT2D eigenvalue weighted by Crippen LogP contribution is 2.33. The molecule has 2 aliphatic heterocycles. The van der Waals surface area contributed by atoms with Crippen LogP contribution in [0.1, 0.15) is 0 Å². The fraction of sp³-hybridized carbons (Fsp3) is 0.533. The lowest BCUT2D eigenvalue weighted by Crippen LogP contribution is -2.76. The van der Waals surface area contributed by atoms with Crippen molar-refractivity contribution in [2.24, 2.45) is 0 Å².